The van der Waals surface area contributed by atoms with E-state index in [0.29, 0.717) is 25.6 Å². The highest BCUT2D eigenvalue weighted by Crippen LogP contribution is 2.17. The normalized spacial score (nSPS) is 20.7. The Morgan fingerprint density at radius 2 is 1.94 bits per heavy atom. The van der Waals surface area contributed by atoms with E-state index in [2.05, 4.69) is 10.3 Å². The minimum absolute atomic E-state index is 0.190. The van der Waals surface area contributed by atoms with Crippen molar-refractivity contribution >= 4 is 0 Å². The summed E-state index contributed by atoms with van der Waals surface area (Å²) in [5.41, 5.74) is 0.944. The second-order valence-electron chi connectivity index (χ2n) is 4.85. The molecule has 96 valence electrons. The molecule has 17 heavy (non-hydrogen) atoms. The van der Waals surface area contributed by atoms with Gasteiger partial charge in [-0.25, -0.2) is 4.98 Å². The van der Waals surface area contributed by atoms with Crippen LogP contribution in [0.15, 0.2) is 4.42 Å². The van der Waals surface area contributed by atoms with Crippen LogP contribution in [0, 0.1) is 13.8 Å². The van der Waals surface area contributed by atoms with Crippen LogP contribution in [-0.2, 0) is 16.0 Å². The summed E-state index contributed by atoms with van der Waals surface area (Å²) < 4.78 is 16.6. The maximum atomic E-state index is 5.56. The summed E-state index contributed by atoms with van der Waals surface area (Å²) in [6.07, 6.45) is 0. The van der Waals surface area contributed by atoms with Gasteiger partial charge in [0, 0.05) is 0 Å². The van der Waals surface area contributed by atoms with Crippen molar-refractivity contribution in [3.05, 3.63) is 17.3 Å². The first-order chi connectivity index (χ1) is 7.96. The van der Waals surface area contributed by atoms with Crippen molar-refractivity contribution in [1.82, 2.24) is 10.3 Å². The molecule has 1 aromatic heterocycles. The summed E-state index contributed by atoms with van der Waals surface area (Å²) in [5.74, 6) is 1.12. The summed E-state index contributed by atoms with van der Waals surface area (Å²) in [5, 5.41) is 3.31. The third-order valence-electron chi connectivity index (χ3n) is 2.88. The molecule has 0 spiro atoms. The number of hydrogen-bond donors (Lipinski definition) is 1. The van der Waals surface area contributed by atoms with Gasteiger partial charge in [-0.3, -0.25) is 0 Å². The van der Waals surface area contributed by atoms with Gasteiger partial charge in [0.1, 0.15) is 5.76 Å². The molecule has 5 heteroatoms. The molecule has 2 heterocycles. The number of oxazole rings is 1. The lowest BCUT2D eigenvalue weighted by Gasteiger charge is -2.35. The molecule has 0 radical (unpaired) electrons. The first kappa shape index (κ1) is 12.5. The van der Waals surface area contributed by atoms with Gasteiger partial charge in [0.05, 0.1) is 31.5 Å². The largest absolute Gasteiger partial charge is 0.444 e. The average Bonchev–Trinajstić information content (AvgIpc) is 2.57. The summed E-state index contributed by atoms with van der Waals surface area (Å²) in [7, 11) is 0. The zero-order valence-corrected chi connectivity index (χ0v) is 10.9. The van der Waals surface area contributed by atoms with E-state index in [4.69, 9.17) is 13.9 Å². The third-order valence-corrected chi connectivity index (χ3v) is 2.88. The van der Waals surface area contributed by atoms with E-state index in [-0.39, 0.29) is 6.04 Å². The Bertz CT molecular complexity index is 358. The lowest BCUT2D eigenvalue weighted by Crippen LogP contribution is -2.48. The van der Waals surface area contributed by atoms with Crippen LogP contribution in [0.5, 0.6) is 0 Å². The van der Waals surface area contributed by atoms with Crippen LogP contribution < -0.4 is 5.32 Å². The minimum atomic E-state index is -0.464. The van der Waals surface area contributed by atoms with Gasteiger partial charge in [-0.05, 0) is 27.7 Å². The number of ether oxygens (including phenoxy) is 2. The van der Waals surface area contributed by atoms with Gasteiger partial charge >= 0.3 is 0 Å². The molecule has 1 aliphatic heterocycles. The molecule has 0 bridgehead atoms. The second kappa shape index (κ2) is 4.76. The van der Waals surface area contributed by atoms with Gasteiger partial charge in [0.15, 0.2) is 5.79 Å². The lowest BCUT2D eigenvalue weighted by atomic mass is 10.2. The molecule has 2 rings (SSSR count). The topological polar surface area (TPSA) is 56.5 Å². The van der Waals surface area contributed by atoms with Crippen molar-refractivity contribution in [3.8, 4) is 0 Å². The molecule has 0 atom stereocenters. The fourth-order valence-corrected chi connectivity index (χ4v) is 1.66. The van der Waals surface area contributed by atoms with E-state index < -0.39 is 5.79 Å². The highest BCUT2D eigenvalue weighted by Gasteiger charge is 2.28. The lowest BCUT2D eigenvalue weighted by molar-refractivity contribution is -0.253. The highest BCUT2D eigenvalue weighted by molar-refractivity contribution is 5.05. The monoisotopic (exact) mass is 240 g/mol. The van der Waals surface area contributed by atoms with Crippen LogP contribution in [0.25, 0.3) is 0 Å². The van der Waals surface area contributed by atoms with Crippen LogP contribution in [0.4, 0.5) is 0 Å². The molecule has 1 fully saturated rings. The van der Waals surface area contributed by atoms with E-state index in [1.54, 1.807) is 0 Å². The molecule has 1 aromatic rings. The van der Waals surface area contributed by atoms with E-state index in [9.17, 15) is 0 Å². The molecule has 1 N–H and O–H groups in total. The summed E-state index contributed by atoms with van der Waals surface area (Å²) in [4.78, 5) is 4.31. The summed E-state index contributed by atoms with van der Waals surface area (Å²) in [6, 6.07) is 0.190. The van der Waals surface area contributed by atoms with Crippen LogP contribution in [0.2, 0.25) is 0 Å². The fourth-order valence-electron chi connectivity index (χ4n) is 1.66. The van der Waals surface area contributed by atoms with E-state index in [1.165, 1.54) is 0 Å². The van der Waals surface area contributed by atoms with Gasteiger partial charge in [-0.1, -0.05) is 0 Å². The average molecular weight is 240 g/mol. The van der Waals surface area contributed by atoms with Crippen molar-refractivity contribution in [2.45, 2.75) is 46.1 Å². The minimum Gasteiger partial charge on any atom is -0.444 e. The fraction of sp³-hybridized carbons (Fsp3) is 0.750. The molecule has 1 aliphatic rings. The van der Waals surface area contributed by atoms with E-state index in [1.807, 2.05) is 27.7 Å². The van der Waals surface area contributed by atoms with E-state index >= 15 is 0 Å². The Labute approximate surface area is 102 Å². The maximum Gasteiger partial charge on any atom is 0.208 e. The van der Waals surface area contributed by atoms with Gasteiger partial charge < -0.3 is 19.2 Å². The molecule has 0 unspecified atom stereocenters. The van der Waals surface area contributed by atoms with Crippen molar-refractivity contribution in [3.63, 3.8) is 0 Å². The first-order valence-corrected chi connectivity index (χ1v) is 5.90. The smallest absolute Gasteiger partial charge is 0.208 e. The van der Waals surface area contributed by atoms with Gasteiger partial charge in [-0.15, -0.1) is 0 Å². The van der Waals surface area contributed by atoms with Crippen LogP contribution in [0.1, 0.15) is 31.2 Å². The third kappa shape index (κ3) is 3.28. The zero-order chi connectivity index (χ0) is 12.5. The number of rotatable bonds is 3. The molecule has 0 aliphatic carbocycles. The van der Waals surface area contributed by atoms with Gasteiger partial charge in [0.25, 0.3) is 0 Å². The first-order valence-electron chi connectivity index (χ1n) is 5.90. The van der Waals surface area contributed by atoms with Crippen molar-refractivity contribution < 1.29 is 13.9 Å². The van der Waals surface area contributed by atoms with Crippen LogP contribution in [0.3, 0.4) is 0 Å². The Kier molecular flexibility index (Phi) is 3.51. The number of aryl methyl sites for hydroxylation is 2. The van der Waals surface area contributed by atoms with Crippen molar-refractivity contribution in [2.75, 3.05) is 13.2 Å². The van der Waals surface area contributed by atoms with Gasteiger partial charge in [0.2, 0.25) is 5.89 Å². The zero-order valence-electron chi connectivity index (χ0n) is 10.9. The van der Waals surface area contributed by atoms with Crippen LogP contribution in [-0.4, -0.2) is 30.0 Å². The number of hydrogen-bond acceptors (Lipinski definition) is 5. The highest BCUT2D eigenvalue weighted by atomic mass is 16.7. The molecule has 0 amide bonds. The van der Waals surface area contributed by atoms with E-state index in [0.717, 1.165) is 11.5 Å². The maximum absolute atomic E-state index is 5.56. The predicted molar refractivity (Wildman–Crippen MR) is 62.6 cm³/mol. The molecular weight excluding hydrogens is 220 g/mol. The Hall–Kier alpha value is -0.910. The molecule has 1 saturated heterocycles. The van der Waals surface area contributed by atoms with Crippen molar-refractivity contribution in [2.24, 2.45) is 0 Å². The number of nitrogens with one attached hydrogen (secondary N) is 1. The predicted octanol–water partition coefficient (Wildman–Crippen LogP) is 1.53. The van der Waals surface area contributed by atoms with Crippen molar-refractivity contribution in [1.29, 1.82) is 0 Å². The number of nitrogens with zero attached hydrogens (tertiary/aromatic N) is 1. The molecule has 5 nitrogen and oxygen atoms in total. The standard InChI is InChI=1S/C12H20N2O3/c1-8-9(2)17-11(14-8)5-13-10-6-15-12(3,4)16-7-10/h10,13H,5-7H2,1-4H3. The molecular formula is C12H20N2O3. The Morgan fingerprint density at radius 1 is 1.29 bits per heavy atom. The van der Waals surface area contributed by atoms with Crippen LogP contribution >= 0.6 is 0 Å². The second-order valence-corrected chi connectivity index (χ2v) is 4.85. The summed E-state index contributed by atoms with van der Waals surface area (Å²) in [6.45, 7) is 9.59. The van der Waals surface area contributed by atoms with Gasteiger partial charge in [-0.2, -0.15) is 0 Å². The Balaban J connectivity index is 1.79. The molecule has 0 aromatic carbocycles. The SMILES string of the molecule is Cc1nc(CNC2COC(C)(C)OC2)oc1C. The number of aromatic nitrogens is 1. The quantitative estimate of drug-likeness (QED) is 0.868. The molecule has 0 saturated carbocycles. The summed E-state index contributed by atoms with van der Waals surface area (Å²) >= 11 is 0. The Morgan fingerprint density at radius 3 is 2.47 bits per heavy atom.